The van der Waals surface area contributed by atoms with Gasteiger partial charge in [0, 0.05) is 0 Å². The molecule has 2 aromatic heterocycles. The highest BCUT2D eigenvalue weighted by atomic mass is 79.9. The minimum atomic E-state index is 0.869. The van der Waals surface area contributed by atoms with E-state index in [9.17, 15) is 0 Å². The summed E-state index contributed by atoms with van der Waals surface area (Å²) in [5, 5.41) is 1.06. The van der Waals surface area contributed by atoms with Crippen LogP contribution in [0.25, 0.3) is 10.3 Å². The molecule has 0 radical (unpaired) electrons. The molecule has 56 valence electrons. The number of fused-ring (bicyclic) bond motifs is 1. The molecular weight excluding hydrogens is 224 g/mol. The molecule has 0 spiro atoms. The molecule has 0 aliphatic heterocycles. The molecule has 0 saturated carbocycles. The summed E-state index contributed by atoms with van der Waals surface area (Å²) < 4.78 is 0.869. The molecule has 2 heterocycles. The first-order chi connectivity index (χ1) is 5.25. The summed E-state index contributed by atoms with van der Waals surface area (Å²) in [7, 11) is 0. The van der Waals surface area contributed by atoms with E-state index in [1.165, 1.54) is 0 Å². The lowest BCUT2D eigenvalue weighted by Gasteiger charge is -1.86. The number of thiazole rings is 1. The number of aromatic nitrogens is 2. The monoisotopic (exact) mass is 228 g/mol. The molecule has 0 N–H and O–H groups in total. The molecular formula is C7H5BrN2S. The van der Waals surface area contributed by atoms with Gasteiger partial charge in [0.15, 0.2) is 0 Å². The number of nitrogens with zero attached hydrogens (tertiary/aromatic N) is 2. The van der Waals surface area contributed by atoms with Crippen molar-refractivity contribution in [2.24, 2.45) is 0 Å². The minimum Gasteiger partial charge on any atom is -0.240 e. The first-order valence-electron chi connectivity index (χ1n) is 3.15. The van der Waals surface area contributed by atoms with E-state index in [4.69, 9.17) is 0 Å². The smallest absolute Gasteiger partial charge is 0.144 e. The van der Waals surface area contributed by atoms with Crippen molar-refractivity contribution in [3.63, 3.8) is 0 Å². The van der Waals surface area contributed by atoms with Crippen LogP contribution in [-0.4, -0.2) is 9.97 Å². The third-order valence-electron chi connectivity index (χ3n) is 1.33. The van der Waals surface area contributed by atoms with Crippen molar-refractivity contribution >= 4 is 37.6 Å². The molecule has 0 amide bonds. The average Bonchev–Trinajstić information content (AvgIpc) is 2.27. The maximum atomic E-state index is 4.29. The van der Waals surface area contributed by atoms with Gasteiger partial charge in [-0.25, -0.2) is 9.97 Å². The van der Waals surface area contributed by atoms with Gasteiger partial charge >= 0.3 is 0 Å². The molecule has 0 unspecified atom stereocenters. The zero-order valence-corrected chi connectivity index (χ0v) is 8.24. The van der Waals surface area contributed by atoms with Crippen LogP contribution >= 0.6 is 27.3 Å². The predicted octanol–water partition coefficient (Wildman–Crippen LogP) is 2.76. The Morgan fingerprint density at radius 1 is 1.36 bits per heavy atom. The van der Waals surface area contributed by atoms with Gasteiger partial charge in [0.25, 0.3) is 0 Å². The minimum absolute atomic E-state index is 0.869. The summed E-state index contributed by atoms with van der Waals surface area (Å²) in [6, 6.07) is 3.87. The summed E-state index contributed by atoms with van der Waals surface area (Å²) in [5.74, 6) is 0. The Bertz CT molecular complexity index is 396. The second kappa shape index (κ2) is 2.53. The highest BCUT2D eigenvalue weighted by molar-refractivity contribution is 9.10. The summed E-state index contributed by atoms with van der Waals surface area (Å²) in [4.78, 5) is 9.56. The fourth-order valence-electron chi connectivity index (χ4n) is 0.903. The van der Waals surface area contributed by atoms with E-state index in [1.54, 1.807) is 11.3 Å². The normalized spacial score (nSPS) is 10.7. The van der Waals surface area contributed by atoms with E-state index in [2.05, 4.69) is 25.9 Å². The van der Waals surface area contributed by atoms with Gasteiger partial charge in [-0.15, -0.1) is 0 Å². The van der Waals surface area contributed by atoms with Crippen molar-refractivity contribution in [3.05, 3.63) is 21.7 Å². The summed E-state index contributed by atoms with van der Waals surface area (Å²) in [6.07, 6.45) is 0. The summed E-state index contributed by atoms with van der Waals surface area (Å²) >= 11 is 4.92. The quantitative estimate of drug-likeness (QED) is 0.649. The Hall–Kier alpha value is -0.480. The topological polar surface area (TPSA) is 25.8 Å². The number of hydrogen-bond acceptors (Lipinski definition) is 3. The largest absolute Gasteiger partial charge is 0.240 e. The van der Waals surface area contributed by atoms with Crippen LogP contribution in [-0.2, 0) is 0 Å². The molecule has 0 fully saturated rings. The molecule has 0 aliphatic carbocycles. The van der Waals surface area contributed by atoms with Crippen LogP contribution in [0, 0.1) is 6.92 Å². The fourth-order valence-corrected chi connectivity index (χ4v) is 2.12. The molecule has 11 heavy (non-hydrogen) atoms. The van der Waals surface area contributed by atoms with Crippen molar-refractivity contribution in [2.45, 2.75) is 6.92 Å². The highest BCUT2D eigenvalue weighted by Crippen LogP contribution is 2.20. The van der Waals surface area contributed by atoms with Gasteiger partial charge in [-0.1, -0.05) is 11.3 Å². The van der Waals surface area contributed by atoms with Crippen LogP contribution < -0.4 is 0 Å². The number of rotatable bonds is 0. The van der Waals surface area contributed by atoms with E-state index in [1.807, 2.05) is 19.1 Å². The first-order valence-corrected chi connectivity index (χ1v) is 4.76. The zero-order valence-electron chi connectivity index (χ0n) is 5.84. The molecule has 2 rings (SSSR count). The van der Waals surface area contributed by atoms with Crippen molar-refractivity contribution in [3.8, 4) is 0 Å². The molecule has 0 aromatic carbocycles. The van der Waals surface area contributed by atoms with Crippen LogP contribution in [0.5, 0.6) is 0 Å². The zero-order chi connectivity index (χ0) is 7.84. The van der Waals surface area contributed by atoms with Crippen molar-refractivity contribution < 1.29 is 0 Å². The molecule has 0 atom stereocenters. The van der Waals surface area contributed by atoms with Crippen LogP contribution in [0.4, 0.5) is 0 Å². The molecule has 2 nitrogen and oxygen atoms in total. The lowest BCUT2D eigenvalue weighted by Crippen LogP contribution is -1.73. The summed E-state index contributed by atoms with van der Waals surface area (Å²) in [5.41, 5.74) is 0.982. The van der Waals surface area contributed by atoms with E-state index in [0.29, 0.717) is 0 Å². The number of halogens is 1. The fraction of sp³-hybridized carbons (Fsp3) is 0.143. The van der Waals surface area contributed by atoms with Crippen LogP contribution in [0.3, 0.4) is 0 Å². The van der Waals surface area contributed by atoms with Gasteiger partial charge in [-0.05, 0) is 35.0 Å². The summed E-state index contributed by atoms with van der Waals surface area (Å²) in [6.45, 7) is 1.99. The standard InChI is InChI=1S/C7H5BrN2S/c1-4-9-5-2-3-6(8)10-7(5)11-4/h2-3H,1H3. The van der Waals surface area contributed by atoms with Gasteiger partial charge in [0.2, 0.25) is 0 Å². The first kappa shape index (κ1) is 7.18. The number of pyridine rings is 1. The Morgan fingerprint density at radius 3 is 3.00 bits per heavy atom. The van der Waals surface area contributed by atoms with E-state index < -0.39 is 0 Å². The van der Waals surface area contributed by atoms with E-state index in [-0.39, 0.29) is 0 Å². The van der Waals surface area contributed by atoms with Gasteiger partial charge in [0.1, 0.15) is 15.0 Å². The van der Waals surface area contributed by atoms with Gasteiger partial charge in [-0.2, -0.15) is 0 Å². The van der Waals surface area contributed by atoms with E-state index in [0.717, 1.165) is 20.0 Å². The second-order valence-corrected chi connectivity index (χ2v) is 4.19. The molecule has 0 bridgehead atoms. The lowest BCUT2D eigenvalue weighted by atomic mass is 10.5. The van der Waals surface area contributed by atoms with Crippen LogP contribution in [0.2, 0.25) is 0 Å². The lowest BCUT2D eigenvalue weighted by molar-refractivity contribution is 1.32. The Labute approximate surface area is 76.4 Å². The molecule has 4 heteroatoms. The third kappa shape index (κ3) is 1.28. The Kier molecular flexibility index (Phi) is 1.65. The number of hydrogen-bond donors (Lipinski definition) is 0. The Morgan fingerprint density at radius 2 is 2.18 bits per heavy atom. The molecule has 2 aromatic rings. The highest BCUT2D eigenvalue weighted by Gasteiger charge is 2.00. The maximum Gasteiger partial charge on any atom is 0.144 e. The van der Waals surface area contributed by atoms with Crippen LogP contribution in [0.1, 0.15) is 5.01 Å². The second-order valence-electron chi connectivity index (χ2n) is 2.19. The van der Waals surface area contributed by atoms with Crippen molar-refractivity contribution in [1.29, 1.82) is 0 Å². The van der Waals surface area contributed by atoms with Crippen molar-refractivity contribution in [2.75, 3.05) is 0 Å². The molecule has 0 saturated heterocycles. The van der Waals surface area contributed by atoms with Gasteiger partial charge in [0.05, 0.1) is 5.01 Å². The SMILES string of the molecule is Cc1nc2ccc(Br)nc2s1. The maximum absolute atomic E-state index is 4.29. The van der Waals surface area contributed by atoms with Crippen molar-refractivity contribution in [1.82, 2.24) is 9.97 Å². The third-order valence-corrected chi connectivity index (χ3v) is 2.65. The van der Waals surface area contributed by atoms with Gasteiger partial charge in [-0.3, -0.25) is 0 Å². The Balaban J connectivity index is 2.82. The van der Waals surface area contributed by atoms with Gasteiger partial charge < -0.3 is 0 Å². The number of aryl methyl sites for hydroxylation is 1. The average molecular weight is 229 g/mol. The predicted molar refractivity (Wildman–Crippen MR) is 49.9 cm³/mol. The van der Waals surface area contributed by atoms with Crippen LogP contribution in [0.15, 0.2) is 16.7 Å². The van der Waals surface area contributed by atoms with E-state index >= 15 is 0 Å². The molecule has 0 aliphatic rings.